The second kappa shape index (κ2) is 9.26. The standard InChI is InChI=1S/C20H32N4O.HI/c1-21-19(24-13-12-20(15-24)10-7-11-20)22-14-17(23(2)3)16-8-5-6-9-18(16)25-4;/h5-6,8-9,17H,7,10-15H2,1-4H3,(H,21,22);1H. The van der Waals surface area contributed by atoms with Crippen LogP contribution in [-0.4, -0.2) is 63.6 Å². The highest BCUT2D eigenvalue weighted by molar-refractivity contribution is 14.0. The van der Waals surface area contributed by atoms with Crippen molar-refractivity contribution < 1.29 is 4.74 Å². The fourth-order valence-electron chi connectivity index (χ4n) is 4.23. The number of halogens is 1. The van der Waals surface area contributed by atoms with Crippen molar-refractivity contribution in [2.75, 3.05) is 47.9 Å². The monoisotopic (exact) mass is 472 g/mol. The van der Waals surface area contributed by atoms with E-state index in [2.05, 4.69) is 46.3 Å². The van der Waals surface area contributed by atoms with Crippen molar-refractivity contribution >= 4 is 29.9 Å². The molecule has 1 saturated heterocycles. The second-order valence-electron chi connectivity index (χ2n) is 7.67. The lowest BCUT2D eigenvalue weighted by Gasteiger charge is -2.38. The van der Waals surface area contributed by atoms with E-state index >= 15 is 0 Å². The molecule has 1 saturated carbocycles. The van der Waals surface area contributed by atoms with Crippen LogP contribution >= 0.6 is 24.0 Å². The maximum atomic E-state index is 5.56. The molecule has 0 amide bonds. The molecule has 1 spiro atoms. The van der Waals surface area contributed by atoms with E-state index < -0.39 is 0 Å². The number of para-hydroxylation sites is 1. The van der Waals surface area contributed by atoms with Crippen LogP contribution in [0, 0.1) is 5.41 Å². The van der Waals surface area contributed by atoms with Crippen molar-refractivity contribution in [1.82, 2.24) is 15.1 Å². The zero-order valence-electron chi connectivity index (χ0n) is 16.5. The highest BCUT2D eigenvalue weighted by atomic mass is 127. The third kappa shape index (κ3) is 4.44. The van der Waals surface area contributed by atoms with Gasteiger partial charge >= 0.3 is 0 Å². The summed E-state index contributed by atoms with van der Waals surface area (Å²) in [6, 6.07) is 8.50. The van der Waals surface area contributed by atoms with Crippen molar-refractivity contribution in [2.45, 2.75) is 31.7 Å². The van der Waals surface area contributed by atoms with Crippen LogP contribution in [0.1, 0.15) is 37.3 Å². The lowest BCUT2D eigenvalue weighted by atomic mass is 9.68. The summed E-state index contributed by atoms with van der Waals surface area (Å²) < 4.78 is 5.56. The molecule has 26 heavy (non-hydrogen) atoms. The van der Waals surface area contributed by atoms with Gasteiger partial charge in [-0.2, -0.15) is 0 Å². The summed E-state index contributed by atoms with van der Waals surface area (Å²) in [5.41, 5.74) is 1.79. The topological polar surface area (TPSA) is 40.1 Å². The first-order valence-corrected chi connectivity index (χ1v) is 9.33. The van der Waals surface area contributed by atoms with Crippen molar-refractivity contribution in [3.05, 3.63) is 29.8 Å². The molecule has 1 N–H and O–H groups in total. The number of guanidine groups is 1. The predicted octanol–water partition coefficient (Wildman–Crippen LogP) is 3.37. The van der Waals surface area contributed by atoms with Crippen LogP contribution in [0.25, 0.3) is 0 Å². The number of aliphatic imine (C=N–C) groups is 1. The highest BCUT2D eigenvalue weighted by Gasteiger charge is 2.43. The van der Waals surface area contributed by atoms with Gasteiger partial charge in [0, 0.05) is 32.2 Å². The number of likely N-dealkylation sites (N-methyl/N-ethyl adjacent to an activating group) is 1. The van der Waals surface area contributed by atoms with Crippen LogP contribution in [0.15, 0.2) is 29.3 Å². The molecule has 5 nitrogen and oxygen atoms in total. The lowest BCUT2D eigenvalue weighted by Crippen LogP contribution is -2.45. The molecule has 1 heterocycles. The SMILES string of the molecule is CN=C(NCC(c1ccccc1OC)N(C)C)N1CCC2(CCC2)C1.I. The Morgan fingerprint density at radius 1 is 1.31 bits per heavy atom. The van der Waals surface area contributed by atoms with E-state index in [1.807, 2.05) is 19.2 Å². The van der Waals surface area contributed by atoms with Gasteiger partial charge in [-0.3, -0.25) is 4.99 Å². The van der Waals surface area contributed by atoms with Gasteiger partial charge in [-0.05, 0) is 44.8 Å². The normalized spacial score (nSPS) is 19.9. The molecule has 1 aromatic rings. The quantitative estimate of drug-likeness (QED) is 0.406. The maximum absolute atomic E-state index is 5.56. The third-order valence-corrected chi connectivity index (χ3v) is 5.94. The molecular formula is C20H33IN4O. The van der Waals surface area contributed by atoms with Gasteiger partial charge in [-0.1, -0.05) is 24.6 Å². The average Bonchev–Trinajstić information content (AvgIpc) is 3.04. The van der Waals surface area contributed by atoms with Crippen molar-refractivity contribution in [3.8, 4) is 5.75 Å². The Labute approximate surface area is 175 Å². The number of ether oxygens (including phenoxy) is 1. The number of nitrogens with one attached hydrogen (secondary N) is 1. The van der Waals surface area contributed by atoms with Crippen LogP contribution in [0.4, 0.5) is 0 Å². The third-order valence-electron chi connectivity index (χ3n) is 5.94. The summed E-state index contributed by atoms with van der Waals surface area (Å²) >= 11 is 0. The Morgan fingerprint density at radius 2 is 2.04 bits per heavy atom. The van der Waals surface area contributed by atoms with Gasteiger partial charge in [-0.15, -0.1) is 24.0 Å². The first kappa shape index (κ1) is 21.3. The molecular weight excluding hydrogens is 439 g/mol. The van der Waals surface area contributed by atoms with E-state index in [4.69, 9.17) is 4.74 Å². The molecule has 146 valence electrons. The molecule has 0 bridgehead atoms. The number of hydrogen-bond acceptors (Lipinski definition) is 3. The van der Waals surface area contributed by atoms with Crippen molar-refractivity contribution in [1.29, 1.82) is 0 Å². The second-order valence-corrected chi connectivity index (χ2v) is 7.67. The largest absolute Gasteiger partial charge is 0.496 e. The predicted molar refractivity (Wildman–Crippen MR) is 119 cm³/mol. The summed E-state index contributed by atoms with van der Waals surface area (Å²) in [5.74, 6) is 1.97. The summed E-state index contributed by atoms with van der Waals surface area (Å²) in [5, 5.41) is 3.61. The maximum Gasteiger partial charge on any atom is 0.193 e. The Kier molecular flexibility index (Phi) is 7.58. The Morgan fingerprint density at radius 3 is 2.58 bits per heavy atom. The Balaban J connectivity index is 0.00000243. The zero-order chi connectivity index (χ0) is 17.9. The van der Waals surface area contributed by atoms with Gasteiger partial charge in [0.05, 0.1) is 13.2 Å². The van der Waals surface area contributed by atoms with Crippen LogP contribution in [0.5, 0.6) is 5.75 Å². The van der Waals surface area contributed by atoms with E-state index in [1.54, 1.807) is 7.11 Å². The summed E-state index contributed by atoms with van der Waals surface area (Å²) in [6.45, 7) is 3.10. The van der Waals surface area contributed by atoms with E-state index in [-0.39, 0.29) is 30.0 Å². The zero-order valence-corrected chi connectivity index (χ0v) is 18.8. The van der Waals surface area contributed by atoms with Crippen LogP contribution in [0.2, 0.25) is 0 Å². The minimum atomic E-state index is 0. The molecule has 2 aliphatic rings. The number of rotatable bonds is 5. The molecule has 1 unspecified atom stereocenters. The van der Waals surface area contributed by atoms with Crippen molar-refractivity contribution in [3.63, 3.8) is 0 Å². The summed E-state index contributed by atoms with van der Waals surface area (Å²) in [6.07, 6.45) is 5.50. The van der Waals surface area contributed by atoms with E-state index in [9.17, 15) is 0 Å². The van der Waals surface area contributed by atoms with Crippen LogP contribution in [-0.2, 0) is 0 Å². The minimum absolute atomic E-state index is 0. The van der Waals surface area contributed by atoms with Gasteiger partial charge < -0.3 is 19.9 Å². The molecule has 2 fully saturated rings. The Bertz CT molecular complexity index is 616. The number of hydrogen-bond donors (Lipinski definition) is 1. The molecule has 0 radical (unpaired) electrons. The molecule has 0 aromatic heterocycles. The first-order chi connectivity index (χ1) is 12.1. The fraction of sp³-hybridized carbons (Fsp3) is 0.650. The van der Waals surface area contributed by atoms with Crippen LogP contribution < -0.4 is 10.1 Å². The number of likely N-dealkylation sites (tertiary alicyclic amines) is 1. The number of methoxy groups -OCH3 is 1. The smallest absolute Gasteiger partial charge is 0.193 e. The molecule has 1 aromatic carbocycles. The molecule has 6 heteroatoms. The number of benzene rings is 1. The van der Waals surface area contributed by atoms with E-state index in [0.29, 0.717) is 5.41 Å². The van der Waals surface area contributed by atoms with Gasteiger partial charge in [0.25, 0.3) is 0 Å². The molecule has 3 rings (SSSR count). The lowest BCUT2D eigenvalue weighted by molar-refractivity contribution is 0.151. The van der Waals surface area contributed by atoms with Gasteiger partial charge in [0.15, 0.2) is 5.96 Å². The summed E-state index contributed by atoms with van der Waals surface area (Å²) in [7, 11) is 7.85. The van der Waals surface area contributed by atoms with E-state index in [0.717, 1.165) is 31.3 Å². The van der Waals surface area contributed by atoms with Gasteiger partial charge in [-0.25, -0.2) is 0 Å². The molecule has 1 aliphatic carbocycles. The van der Waals surface area contributed by atoms with Gasteiger partial charge in [0.2, 0.25) is 0 Å². The number of nitrogens with zero attached hydrogens (tertiary/aromatic N) is 3. The minimum Gasteiger partial charge on any atom is -0.496 e. The van der Waals surface area contributed by atoms with Crippen LogP contribution in [0.3, 0.4) is 0 Å². The summed E-state index contributed by atoms with van der Waals surface area (Å²) in [4.78, 5) is 9.21. The first-order valence-electron chi connectivity index (χ1n) is 9.33. The fourth-order valence-corrected chi connectivity index (χ4v) is 4.23. The molecule has 1 atom stereocenters. The average molecular weight is 472 g/mol. The Hall–Kier alpha value is -1.02. The molecule has 1 aliphatic heterocycles. The highest BCUT2D eigenvalue weighted by Crippen LogP contribution is 2.47. The van der Waals surface area contributed by atoms with E-state index in [1.165, 1.54) is 31.2 Å². The van der Waals surface area contributed by atoms with Crippen molar-refractivity contribution in [2.24, 2.45) is 10.4 Å². The van der Waals surface area contributed by atoms with Gasteiger partial charge in [0.1, 0.15) is 5.75 Å².